The van der Waals surface area contributed by atoms with E-state index in [1.54, 1.807) is 13.0 Å². The molecule has 0 aromatic heterocycles. The molecule has 1 fully saturated rings. The van der Waals surface area contributed by atoms with E-state index in [1.807, 2.05) is 41.3 Å². The van der Waals surface area contributed by atoms with Gasteiger partial charge in [-0.05, 0) is 55.8 Å². The topological polar surface area (TPSA) is 60.8 Å². The van der Waals surface area contributed by atoms with E-state index in [4.69, 9.17) is 5.11 Å². The monoisotopic (exact) mass is 369 g/mol. The van der Waals surface area contributed by atoms with Crippen molar-refractivity contribution in [1.82, 2.24) is 4.90 Å². The molecule has 0 amide bonds. The van der Waals surface area contributed by atoms with Crippen LogP contribution in [0.15, 0.2) is 54.6 Å². The number of aryl methyl sites for hydroxylation is 1. The van der Waals surface area contributed by atoms with E-state index in [9.17, 15) is 9.90 Å². The van der Waals surface area contributed by atoms with Crippen LogP contribution in [0.5, 0.6) is 5.75 Å². The number of phenols is 1. The maximum Gasteiger partial charge on any atom is 0.320 e. The zero-order valence-electron chi connectivity index (χ0n) is 16.7. The number of hydrogen-bond acceptors (Lipinski definition) is 3. The zero-order valence-corrected chi connectivity index (χ0v) is 16.7. The van der Waals surface area contributed by atoms with E-state index < -0.39 is 12.0 Å². The predicted octanol–water partition coefficient (Wildman–Crippen LogP) is 4.46. The van der Waals surface area contributed by atoms with Gasteiger partial charge in [-0.3, -0.25) is 9.69 Å². The summed E-state index contributed by atoms with van der Waals surface area (Å²) in [5, 5.41) is 18.8. The fraction of sp³-hybridized carbons (Fsp3) is 0.435. The maximum absolute atomic E-state index is 11.1. The molecule has 27 heavy (non-hydrogen) atoms. The van der Waals surface area contributed by atoms with Crippen molar-refractivity contribution >= 4 is 5.97 Å². The molecule has 146 valence electrons. The number of aromatic hydroxyl groups is 1. The molecule has 2 aromatic carbocycles. The average Bonchev–Trinajstić information content (AvgIpc) is 2.64. The number of carboxylic acid groups (broad SMARTS) is 1. The molecule has 1 heterocycles. The second-order valence-electron chi connectivity index (χ2n) is 7.78. The number of benzene rings is 2. The van der Waals surface area contributed by atoms with Crippen LogP contribution in [0.1, 0.15) is 38.3 Å². The summed E-state index contributed by atoms with van der Waals surface area (Å²) in [6.45, 7) is 9.72. The Balaban J connectivity index is 0.000000313. The first-order chi connectivity index (χ1) is 12.7. The second-order valence-corrected chi connectivity index (χ2v) is 7.78. The number of nitrogens with zero attached hydrogens (tertiary/aromatic N) is 1. The number of carboxylic acids is 1. The quantitative estimate of drug-likeness (QED) is 0.838. The average molecular weight is 370 g/mol. The molecule has 1 aliphatic heterocycles. The fourth-order valence-corrected chi connectivity index (χ4v) is 3.60. The summed E-state index contributed by atoms with van der Waals surface area (Å²) in [6.07, 6.45) is 0.898. The highest BCUT2D eigenvalue weighted by Crippen LogP contribution is 2.40. The van der Waals surface area contributed by atoms with Crippen LogP contribution >= 0.6 is 0 Å². The van der Waals surface area contributed by atoms with Crippen molar-refractivity contribution in [3.05, 3.63) is 65.7 Å². The number of carbonyl (C=O) groups is 1. The third-order valence-corrected chi connectivity index (χ3v) is 5.87. The molecule has 1 saturated heterocycles. The molecular formula is C23H31NO3. The number of piperidine rings is 1. The van der Waals surface area contributed by atoms with Gasteiger partial charge >= 0.3 is 5.97 Å². The minimum absolute atomic E-state index is 0.0204. The smallest absolute Gasteiger partial charge is 0.320 e. The molecule has 0 bridgehead atoms. The summed E-state index contributed by atoms with van der Waals surface area (Å²) in [7, 11) is 0. The van der Waals surface area contributed by atoms with Gasteiger partial charge in [0.15, 0.2) is 0 Å². The SMILES string of the molecule is CC(C(=O)O)N1CCC(C)(c2cccc(O)c2)C(C)C1.Cc1ccccc1. The van der Waals surface area contributed by atoms with E-state index in [1.165, 1.54) is 5.56 Å². The van der Waals surface area contributed by atoms with Crippen molar-refractivity contribution in [3.8, 4) is 5.75 Å². The van der Waals surface area contributed by atoms with Gasteiger partial charge in [-0.15, -0.1) is 0 Å². The van der Waals surface area contributed by atoms with Crippen LogP contribution in [0.2, 0.25) is 0 Å². The van der Waals surface area contributed by atoms with Gasteiger partial charge < -0.3 is 10.2 Å². The van der Waals surface area contributed by atoms with Gasteiger partial charge in [-0.25, -0.2) is 0 Å². The van der Waals surface area contributed by atoms with Gasteiger partial charge in [-0.1, -0.05) is 61.9 Å². The Kier molecular flexibility index (Phi) is 7.03. The largest absolute Gasteiger partial charge is 0.508 e. The molecule has 1 aliphatic rings. The van der Waals surface area contributed by atoms with E-state index >= 15 is 0 Å². The Morgan fingerprint density at radius 2 is 1.85 bits per heavy atom. The molecule has 0 spiro atoms. The van der Waals surface area contributed by atoms with Crippen LogP contribution in [0, 0.1) is 12.8 Å². The molecule has 4 nitrogen and oxygen atoms in total. The van der Waals surface area contributed by atoms with Gasteiger partial charge in [0.05, 0.1) is 0 Å². The molecule has 2 N–H and O–H groups in total. The standard InChI is InChI=1S/C16H23NO3.C7H8/c1-11-10-17(12(2)15(19)20)8-7-16(11,3)13-5-4-6-14(18)9-13;1-7-5-3-2-4-6-7/h4-6,9,11-12,18H,7-8,10H2,1-3H3,(H,19,20);2-6H,1H3. The molecule has 0 radical (unpaired) electrons. The lowest BCUT2D eigenvalue weighted by atomic mass is 9.68. The van der Waals surface area contributed by atoms with Crippen molar-refractivity contribution in [2.75, 3.05) is 13.1 Å². The molecule has 4 heteroatoms. The van der Waals surface area contributed by atoms with Crippen LogP contribution in [-0.2, 0) is 10.2 Å². The molecule has 3 unspecified atom stereocenters. The van der Waals surface area contributed by atoms with E-state index in [0.29, 0.717) is 5.92 Å². The van der Waals surface area contributed by atoms with Crippen LogP contribution < -0.4 is 0 Å². The van der Waals surface area contributed by atoms with Crippen LogP contribution in [0.3, 0.4) is 0 Å². The van der Waals surface area contributed by atoms with Gasteiger partial charge in [0, 0.05) is 6.54 Å². The third-order valence-electron chi connectivity index (χ3n) is 5.87. The molecule has 3 atom stereocenters. The summed E-state index contributed by atoms with van der Waals surface area (Å²) in [4.78, 5) is 13.1. The normalized spacial score (nSPS) is 23.8. The summed E-state index contributed by atoms with van der Waals surface area (Å²) in [5.74, 6) is -0.143. The maximum atomic E-state index is 11.1. The van der Waals surface area contributed by atoms with E-state index in [2.05, 4.69) is 32.9 Å². The zero-order chi connectivity index (χ0) is 20.0. The lowest BCUT2D eigenvalue weighted by Crippen LogP contribution is -2.52. The van der Waals surface area contributed by atoms with Crippen molar-refractivity contribution in [1.29, 1.82) is 0 Å². The first-order valence-corrected chi connectivity index (χ1v) is 9.52. The van der Waals surface area contributed by atoms with Gasteiger partial charge in [0.2, 0.25) is 0 Å². The number of likely N-dealkylation sites (tertiary alicyclic amines) is 1. The lowest BCUT2D eigenvalue weighted by molar-refractivity contribution is -0.143. The van der Waals surface area contributed by atoms with Gasteiger partial charge in [-0.2, -0.15) is 0 Å². The van der Waals surface area contributed by atoms with E-state index in [0.717, 1.165) is 25.1 Å². The van der Waals surface area contributed by atoms with Crippen molar-refractivity contribution in [2.45, 2.75) is 45.6 Å². The van der Waals surface area contributed by atoms with Crippen molar-refractivity contribution < 1.29 is 15.0 Å². The first-order valence-electron chi connectivity index (χ1n) is 9.52. The summed E-state index contributed by atoms with van der Waals surface area (Å²) in [5.41, 5.74) is 2.43. The van der Waals surface area contributed by atoms with E-state index in [-0.39, 0.29) is 11.2 Å². The molecule has 2 aromatic rings. The van der Waals surface area contributed by atoms with Crippen LogP contribution in [-0.4, -0.2) is 40.2 Å². The minimum atomic E-state index is -0.766. The van der Waals surface area contributed by atoms with Gasteiger partial charge in [0.25, 0.3) is 0 Å². The van der Waals surface area contributed by atoms with Crippen LogP contribution in [0.4, 0.5) is 0 Å². The highest BCUT2D eigenvalue weighted by atomic mass is 16.4. The van der Waals surface area contributed by atoms with Crippen molar-refractivity contribution in [2.24, 2.45) is 5.92 Å². The minimum Gasteiger partial charge on any atom is -0.508 e. The Hall–Kier alpha value is -2.33. The molecule has 0 aliphatic carbocycles. The molecule has 0 saturated carbocycles. The Morgan fingerprint density at radius 3 is 2.33 bits per heavy atom. The number of hydrogen-bond donors (Lipinski definition) is 2. The summed E-state index contributed by atoms with van der Waals surface area (Å²) >= 11 is 0. The lowest BCUT2D eigenvalue weighted by Gasteiger charge is -2.46. The number of phenolic OH excluding ortho intramolecular Hbond substituents is 1. The Bertz CT molecular complexity index is 746. The third kappa shape index (κ3) is 5.33. The highest BCUT2D eigenvalue weighted by molar-refractivity contribution is 5.72. The van der Waals surface area contributed by atoms with Crippen molar-refractivity contribution in [3.63, 3.8) is 0 Å². The Labute approximate surface area is 162 Å². The number of rotatable bonds is 3. The predicted molar refractivity (Wildman–Crippen MR) is 109 cm³/mol. The summed E-state index contributed by atoms with van der Waals surface area (Å²) < 4.78 is 0. The fourth-order valence-electron chi connectivity index (χ4n) is 3.60. The number of aliphatic carboxylic acids is 1. The first kappa shape index (κ1) is 21.0. The highest BCUT2D eigenvalue weighted by Gasteiger charge is 2.40. The Morgan fingerprint density at radius 1 is 1.19 bits per heavy atom. The second kappa shape index (κ2) is 9.05. The molecular weight excluding hydrogens is 338 g/mol. The van der Waals surface area contributed by atoms with Gasteiger partial charge in [0.1, 0.15) is 11.8 Å². The van der Waals surface area contributed by atoms with Crippen LogP contribution in [0.25, 0.3) is 0 Å². The summed E-state index contributed by atoms with van der Waals surface area (Å²) in [6, 6.07) is 17.2. The molecule has 3 rings (SSSR count).